The van der Waals surface area contributed by atoms with E-state index >= 15 is 0 Å². The lowest BCUT2D eigenvalue weighted by molar-refractivity contribution is -0.390. The fourth-order valence-corrected chi connectivity index (χ4v) is 1.19. The van der Waals surface area contributed by atoms with Crippen molar-refractivity contribution >= 4 is 12.0 Å². The summed E-state index contributed by atoms with van der Waals surface area (Å²) in [6.07, 6.45) is -8.74. The second kappa shape index (κ2) is 5.12. The maximum atomic E-state index is 12.6. The third-order valence-corrected chi connectivity index (χ3v) is 1.83. The van der Waals surface area contributed by atoms with Crippen molar-refractivity contribution in [3.8, 4) is 5.88 Å². The van der Waals surface area contributed by atoms with Crippen LogP contribution in [0.1, 0.15) is 22.3 Å². The number of nitrogens with zero attached hydrogens (tertiary/aromatic N) is 2. The lowest BCUT2D eigenvalue weighted by atomic mass is 10.1. The van der Waals surface area contributed by atoms with Crippen molar-refractivity contribution in [1.29, 1.82) is 0 Å². The lowest BCUT2D eigenvalue weighted by Gasteiger charge is -2.11. The standard InChI is InChI=1S/C8H3F5N2O4/c9-6(10)4-3(2-16)1-14-7(5(4)15(17)18)19-8(11,12)13/h1-2,6H. The zero-order chi connectivity index (χ0) is 14.8. The fraction of sp³-hybridized carbons (Fsp3) is 0.250. The van der Waals surface area contributed by atoms with Crippen molar-refractivity contribution in [2.75, 3.05) is 0 Å². The molecule has 1 heterocycles. The van der Waals surface area contributed by atoms with Gasteiger partial charge in [-0.15, -0.1) is 13.2 Å². The van der Waals surface area contributed by atoms with Gasteiger partial charge in [0.05, 0.1) is 4.92 Å². The van der Waals surface area contributed by atoms with Gasteiger partial charge in [-0.1, -0.05) is 0 Å². The number of aldehydes is 1. The molecular formula is C8H3F5N2O4. The molecule has 0 amide bonds. The average Bonchev–Trinajstić information content (AvgIpc) is 2.25. The number of carbonyl (C=O) groups excluding carboxylic acids is 1. The van der Waals surface area contributed by atoms with Crippen molar-refractivity contribution < 1.29 is 36.4 Å². The summed E-state index contributed by atoms with van der Waals surface area (Å²) in [6.45, 7) is 0. The highest BCUT2D eigenvalue weighted by Crippen LogP contribution is 2.38. The van der Waals surface area contributed by atoms with Crippen LogP contribution in [-0.4, -0.2) is 22.6 Å². The number of alkyl halides is 5. The molecule has 0 radical (unpaired) electrons. The topological polar surface area (TPSA) is 82.3 Å². The van der Waals surface area contributed by atoms with E-state index < -0.39 is 40.4 Å². The van der Waals surface area contributed by atoms with Crippen LogP contribution >= 0.6 is 0 Å². The van der Waals surface area contributed by atoms with Gasteiger partial charge in [0.2, 0.25) is 0 Å². The summed E-state index contributed by atoms with van der Waals surface area (Å²) < 4.78 is 64.3. The number of carbonyl (C=O) groups is 1. The number of halogens is 5. The second-order valence-electron chi connectivity index (χ2n) is 3.00. The molecule has 0 aliphatic heterocycles. The molecule has 0 saturated carbocycles. The van der Waals surface area contributed by atoms with Gasteiger partial charge in [0.25, 0.3) is 6.43 Å². The van der Waals surface area contributed by atoms with E-state index in [1.165, 1.54) is 0 Å². The highest BCUT2D eigenvalue weighted by molar-refractivity contribution is 5.80. The summed E-state index contributed by atoms with van der Waals surface area (Å²) in [5.41, 5.74) is -4.07. The zero-order valence-electron chi connectivity index (χ0n) is 8.65. The normalized spacial score (nSPS) is 11.5. The maximum absolute atomic E-state index is 12.6. The first-order chi connectivity index (χ1) is 8.67. The molecule has 6 nitrogen and oxygen atoms in total. The van der Waals surface area contributed by atoms with Crippen LogP contribution in [0.15, 0.2) is 6.20 Å². The minimum Gasteiger partial charge on any atom is -0.381 e. The van der Waals surface area contributed by atoms with Gasteiger partial charge in [0, 0.05) is 11.8 Å². The Morgan fingerprint density at radius 1 is 1.42 bits per heavy atom. The number of nitro groups is 1. The summed E-state index contributed by atoms with van der Waals surface area (Å²) in [6, 6.07) is 0. The van der Waals surface area contributed by atoms with Crippen molar-refractivity contribution in [3.63, 3.8) is 0 Å². The molecule has 0 fully saturated rings. The van der Waals surface area contributed by atoms with Gasteiger partial charge in [-0.3, -0.25) is 14.9 Å². The van der Waals surface area contributed by atoms with Gasteiger partial charge in [0.1, 0.15) is 5.56 Å². The molecule has 19 heavy (non-hydrogen) atoms. The van der Waals surface area contributed by atoms with Gasteiger partial charge in [-0.05, 0) is 0 Å². The molecule has 0 aliphatic rings. The van der Waals surface area contributed by atoms with E-state index in [4.69, 9.17) is 0 Å². The van der Waals surface area contributed by atoms with Crippen molar-refractivity contribution in [2.45, 2.75) is 12.8 Å². The smallest absolute Gasteiger partial charge is 0.381 e. The van der Waals surface area contributed by atoms with Crippen molar-refractivity contribution in [3.05, 3.63) is 27.4 Å². The predicted molar refractivity (Wildman–Crippen MR) is 47.9 cm³/mol. The van der Waals surface area contributed by atoms with Gasteiger partial charge in [0.15, 0.2) is 6.29 Å². The van der Waals surface area contributed by atoms with Crippen LogP contribution in [0.2, 0.25) is 0 Å². The Kier molecular flexibility index (Phi) is 3.97. The first-order valence-corrected chi connectivity index (χ1v) is 4.33. The SMILES string of the molecule is O=Cc1cnc(OC(F)(F)F)c([N+](=O)[O-])c1C(F)F. The first-order valence-electron chi connectivity index (χ1n) is 4.33. The van der Waals surface area contributed by atoms with Crippen molar-refractivity contribution in [1.82, 2.24) is 4.98 Å². The zero-order valence-corrected chi connectivity index (χ0v) is 8.65. The third kappa shape index (κ3) is 3.33. The van der Waals surface area contributed by atoms with Crippen LogP contribution in [0.5, 0.6) is 5.88 Å². The third-order valence-electron chi connectivity index (χ3n) is 1.83. The Morgan fingerprint density at radius 3 is 2.37 bits per heavy atom. The molecule has 0 spiro atoms. The molecule has 104 valence electrons. The number of hydrogen-bond acceptors (Lipinski definition) is 5. The Hall–Kier alpha value is -2.33. The molecule has 0 N–H and O–H groups in total. The maximum Gasteiger partial charge on any atom is 0.574 e. The summed E-state index contributed by atoms with van der Waals surface area (Å²) in [5, 5.41) is 10.6. The van der Waals surface area contributed by atoms with Crippen LogP contribution in [0.3, 0.4) is 0 Å². The fourth-order valence-electron chi connectivity index (χ4n) is 1.19. The van der Waals surface area contributed by atoms with Gasteiger partial charge in [-0.2, -0.15) is 0 Å². The van der Waals surface area contributed by atoms with Gasteiger partial charge in [-0.25, -0.2) is 13.8 Å². The molecule has 11 heteroatoms. The van der Waals surface area contributed by atoms with E-state index in [9.17, 15) is 36.9 Å². The Balaban J connectivity index is 3.54. The van der Waals surface area contributed by atoms with Crippen LogP contribution in [0, 0.1) is 10.1 Å². The van der Waals surface area contributed by atoms with Crippen molar-refractivity contribution in [2.24, 2.45) is 0 Å². The van der Waals surface area contributed by atoms with E-state index in [0.29, 0.717) is 6.20 Å². The number of hydrogen-bond donors (Lipinski definition) is 0. The van der Waals surface area contributed by atoms with Crippen LogP contribution in [-0.2, 0) is 0 Å². The number of pyridine rings is 1. The summed E-state index contributed by atoms with van der Waals surface area (Å²) in [7, 11) is 0. The molecule has 1 aromatic heterocycles. The van der Waals surface area contributed by atoms with Gasteiger partial charge >= 0.3 is 17.9 Å². The number of aromatic nitrogens is 1. The quantitative estimate of drug-likeness (QED) is 0.368. The number of ether oxygens (including phenoxy) is 1. The van der Waals surface area contributed by atoms with Crippen LogP contribution < -0.4 is 4.74 Å². The first kappa shape index (κ1) is 14.7. The second-order valence-corrected chi connectivity index (χ2v) is 3.00. The molecule has 0 atom stereocenters. The van der Waals surface area contributed by atoms with E-state index in [2.05, 4.69) is 9.72 Å². The summed E-state index contributed by atoms with van der Waals surface area (Å²) >= 11 is 0. The lowest BCUT2D eigenvalue weighted by Crippen LogP contribution is -2.19. The molecule has 0 aromatic carbocycles. The minimum absolute atomic E-state index is 0.182. The molecule has 1 aromatic rings. The molecule has 0 unspecified atom stereocenters. The Bertz CT molecular complexity index is 517. The van der Waals surface area contributed by atoms with E-state index in [1.54, 1.807) is 0 Å². The molecule has 1 rings (SSSR count). The minimum atomic E-state index is -5.35. The Morgan fingerprint density at radius 2 is 2.00 bits per heavy atom. The molecule has 0 saturated heterocycles. The summed E-state index contributed by atoms with van der Waals surface area (Å²) in [4.78, 5) is 22.3. The number of rotatable bonds is 4. The van der Waals surface area contributed by atoms with Gasteiger partial charge < -0.3 is 4.74 Å². The van der Waals surface area contributed by atoms with E-state index in [1.807, 2.05) is 0 Å². The monoisotopic (exact) mass is 286 g/mol. The predicted octanol–water partition coefficient (Wildman–Crippen LogP) is 2.64. The average molecular weight is 286 g/mol. The highest BCUT2D eigenvalue weighted by atomic mass is 19.4. The van der Waals surface area contributed by atoms with E-state index in [0.717, 1.165) is 0 Å². The largest absolute Gasteiger partial charge is 0.574 e. The summed E-state index contributed by atoms with van der Waals surface area (Å²) in [5.74, 6) is -1.65. The van der Waals surface area contributed by atoms with Crippen LogP contribution in [0.25, 0.3) is 0 Å². The Labute approximate surface area is 101 Å². The van der Waals surface area contributed by atoms with E-state index in [-0.39, 0.29) is 6.29 Å². The van der Waals surface area contributed by atoms with Crippen LogP contribution in [0.4, 0.5) is 27.6 Å². The highest BCUT2D eigenvalue weighted by Gasteiger charge is 2.39. The molecular weight excluding hydrogens is 283 g/mol. The molecule has 0 bridgehead atoms. The molecule has 0 aliphatic carbocycles.